The van der Waals surface area contributed by atoms with Gasteiger partial charge in [0.2, 0.25) is 0 Å². The number of nitrogens with one attached hydrogen (secondary N) is 2. The first kappa shape index (κ1) is 15.8. The van der Waals surface area contributed by atoms with Crippen LogP contribution in [0.4, 0.5) is 4.79 Å². The minimum atomic E-state index is -0.524. The second-order valence-corrected chi connectivity index (χ2v) is 5.79. The second kappa shape index (κ2) is 6.75. The Bertz CT molecular complexity index is 325. The zero-order valence-electron chi connectivity index (χ0n) is 12.1. The van der Waals surface area contributed by atoms with Crippen molar-refractivity contribution in [2.45, 2.75) is 45.3 Å². The summed E-state index contributed by atoms with van der Waals surface area (Å²) in [6, 6.07) is -0.109. The van der Waals surface area contributed by atoms with E-state index in [4.69, 9.17) is 4.74 Å². The van der Waals surface area contributed by atoms with Crippen molar-refractivity contribution in [3.63, 3.8) is 0 Å². The van der Waals surface area contributed by atoms with E-state index in [1.807, 2.05) is 20.8 Å². The lowest BCUT2D eigenvalue weighted by Gasteiger charge is -2.32. The summed E-state index contributed by atoms with van der Waals surface area (Å²) in [6.45, 7) is 6.93. The predicted octanol–water partition coefficient (Wildman–Crippen LogP) is 1.05. The molecule has 0 saturated carbocycles. The predicted molar refractivity (Wildman–Crippen MR) is 70.8 cm³/mol. The van der Waals surface area contributed by atoms with Crippen molar-refractivity contribution in [3.8, 4) is 0 Å². The largest absolute Gasteiger partial charge is 0.469 e. The molecular weight excluding hydrogens is 248 g/mol. The molecule has 1 saturated heterocycles. The van der Waals surface area contributed by atoms with Gasteiger partial charge >= 0.3 is 12.1 Å². The maximum atomic E-state index is 11.8. The molecule has 2 atom stereocenters. The summed E-state index contributed by atoms with van der Waals surface area (Å²) in [5, 5.41) is 6.03. The molecule has 0 radical (unpaired) electrons. The average molecular weight is 272 g/mol. The van der Waals surface area contributed by atoms with Crippen LogP contribution in [0.3, 0.4) is 0 Å². The smallest absolute Gasteiger partial charge is 0.407 e. The van der Waals surface area contributed by atoms with Gasteiger partial charge in [-0.25, -0.2) is 4.79 Å². The molecule has 0 spiro atoms. The molecule has 1 aliphatic rings. The molecule has 1 amide bonds. The molecule has 0 aliphatic carbocycles. The second-order valence-electron chi connectivity index (χ2n) is 5.79. The van der Waals surface area contributed by atoms with E-state index in [-0.39, 0.29) is 17.9 Å². The van der Waals surface area contributed by atoms with Gasteiger partial charge in [0, 0.05) is 12.6 Å². The van der Waals surface area contributed by atoms with Crippen LogP contribution in [0.2, 0.25) is 0 Å². The SMILES string of the molecule is COC(=O)CC1CCNCC1NC(=O)OC(C)(C)C. The fourth-order valence-electron chi connectivity index (χ4n) is 2.08. The number of hydrogen-bond acceptors (Lipinski definition) is 5. The first-order valence-electron chi connectivity index (χ1n) is 6.59. The van der Waals surface area contributed by atoms with Gasteiger partial charge in [-0.15, -0.1) is 0 Å². The molecule has 2 N–H and O–H groups in total. The van der Waals surface area contributed by atoms with Gasteiger partial charge in [0.1, 0.15) is 5.60 Å². The van der Waals surface area contributed by atoms with Gasteiger partial charge in [0.05, 0.1) is 13.5 Å². The third-order valence-corrected chi connectivity index (χ3v) is 2.98. The summed E-state index contributed by atoms with van der Waals surface area (Å²) < 4.78 is 9.91. The molecule has 19 heavy (non-hydrogen) atoms. The molecule has 110 valence electrons. The lowest BCUT2D eigenvalue weighted by molar-refractivity contribution is -0.142. The quantitative estimate of drug-likeness (QED) is 0.751. The highest BCUT2D eigenvalue weighted by Crippen LogP contribution is 2.18. The van der Waals surface area contributed by atoms with E-state index < -0.39 is 11.7 Å². The molecular formula is C13H24N2O4. The first-order chi connectivity index (χ1) is 8.81. The number of alkyl carbamates (subject to hydrolysis) is 1. The standard InChI is InChI=1S/C13H24N2O4/c1-13(2,3)19-12(17)15-10-8-14-6-5-9(10)7-11(16)18-4/h9-10,14H,5-8H2,1-4H3,(H,15,17). The van der Waals surface area contributed by atoms with Crippen molar-refractivity contribution in [2.24, 2.45) is 5.92 Å². The van der Waals surface area contributed by atoms with Crippen molar-refractivity contribution < 1.29 is 19.1 Å². The van der Waals surface area contributed by atoms with Gasteiger partial charge in [-0.05, 0) is 39.7 Å². The summed E-state index contributed by atoms with van der Waals surface area (Å²) in [5.74, 6) is -0.163. The Morgan fingerprint density at radius 2 is 2.05 bits per heavy atom. The summed E-state index contributed by atoms with van der Waals surface area (Å²) in [7, 11) is 1.37. The number of rotatable bonds is 3. The summed E-state index contributed by atoms with van der Waals surface area (Å²) in [6.07, 6.45) is 0.699. The molecule has 2 unspecified atom stereocenters. The van der Waals surface area contributed by atoms with Crippen LogP contribution >= 0.6 is 0 Å². The van der Waals surface area contributed by atoms with E-state index in [9.17, 15) is 9.59 Å². The van der Waals surface area contributed by atoms with Crippen molar-refractivity contribution in [3.05, 3.63) is 0 Å². The van der Waals surface area contributed by atoms with Gasteiger partial charge in [-0.3, -0.25) is 4.79 Å². The summed E-state index contributed by atoms with van der Waals surface area (Å²) in [4.78, 5) is 23.1. The van der Waals surface area contributed by atoms with Gasteiger partial charge in [-0.2, -0.15) is 0 Å². The van der Waals surface area contributed by atoms with E-state index >= 15 is 0 Å². The number of methoxy groups -OCH3 is 1. The molecule has 0 aromatic heterocycles. The Labute approximate surface area is 114 Å². The lowest BCUT2D eigenvalue weighted by Crippen LogP contribution is -2.52. The van der Waals surface area contributed by atoms with Gasteiger partial charge in [-0.1, -0.05) is 0 Å². The third-order valence-electron chi connectivity index (χ3n) is 2.98. The monoisotopic (exact) mass is 272 g/mol. The van der Waals surface area contributed by atoms with Crippen LogP contribution < -0.4 is 10.6 Å². The maximum absolute atomic E-state index is 11.8. The van der Waals surface area contributed by atoms with E-state index in [0.717, 1.165) is 13.0 Å². The average Bonchev–Trinajstić information content (AvgIpc) is 2.29. The Kier molecular flexibility index (Phi) is 5.60. The fourth-order valence-corrected chi connectivity index (χ4v) is 2.08. The van der Waals surface area contributed by atoms with Gasteiger partial charge in [0.15, 0.2) is 0 Å². The minimum absolute atomic E-state index is 0.0845. The Hall–Kier alpha value is -1.30. The number of amides is 1. The van der Waals surface area contributed by atoms with Crippen molar-refractivity contribution >= 4 is 12.1 Å². The Morgan fingerprint density at radius 1 is 1.37 bits per heavy atom. The van der Waals surface area contributed by atoms with Crippen molar-refractivity contribution in [1.82, 2.24) is 10.6 Å². The van der Waals surface area contributed by atoms with Gasteiger partial charge < -0.3 is 20.1 Å². The van der Waals surface area contributed by atoms with E-state index in [1.165, 1.54) is 7.11 Å². The Morgan fingerprint density at radius 3 is 2.63 bits per heavy atom. The third kappa shape index (κ3) is 5.92. The highest BCUT2D eigenvalue weighted by molar-refractivity contribution is 5.70. The normalized spacial score (nSPS) is 23.6. The zero-order chi connectivity index (χ0) is 14.5. The molecule has 1 rings (SSSR count). The van der Waals surface area contributed by atoms with E-state index in [1.54, 1.807) is 0 Å². The molecule has 0 bridgehead atoms. The number of ether oxygens (including phenoxy) is 2. The number of hydrogen-bond donors (Lipinski definition) is 2. The van der Waals surface area contributed by atoms with E-state index in [2.05, 4.69) is 15.4 Å². The van der Waals surface area contributed by atoms with Crippen LogP contribution in [-0.2, 0) is 14.3 Å². The van der Waals surface area contributed by atoms with Crippen LogP contribution in [-0.4, -0.2) is 43.9 Å². The number of carbonyl (C=O) groups is 2. The fraction of sp³-hybridized carbons (Fsp3) is 0.846. The highest BCUT2D eigenvalue weighted by Gasteiger charge is 2.30. The van der Waals surface area contributed by atoms with Crippen LogP contribution in [0.1, 0.15) is 33.6 Å². The van der Waals surface area contributed by atoms with Crippen molar-refractivity contribution in [2.75, 3.05) is 20.2 Å². The molecule has 0 aromatic carbocycles. The molecule has 1 fully saturated rings. The molecule has 6 heteroatoms. The minimum Gasteiger partial charge on any atom is -0.469 e. The maximum Gasteiger partial charge on any atom is 0.407 e. The molecule has 6 nitrogen and oxygen atoms in total. The lowest BCUT2D eigenvalue weighted by atomic mass is 9.90. The molecule has 0 aromatic rings. The van der Waals surface area contributed by atoms with E-state index in [0.29, 0.717) is 13.0 Å². The zero-order valence-corrected chi connectivity index (χ0v) is 12.1. The highest BCUT2D eigenvalue weighted by atomic mass is 16.6. The molecule has 1 aliphatic heterocycles. The summed E-state index contributed by atoms with van der Waals surface area (Å²) in [5.41, 5.74) is -0.524. The summed E-state index contributed by atoms with van der Waals surface area (Å²) >= 11 is 0. The number of esters is 1. The van der Waals surface area contributed by atoms with Crippen molar-refractivity contribution in [1.29, 1.82) is 0 Å². The number of piperidine rings is 1. The van der Waals surface area contributed by atoms with Crippen LogP contribution in [0.25, 0.3) is 0 Å². The van der Waals surface area contributed by atoms with Gasteiger partial charge in [0.25, 0.3) is 0 Å². The molecule has 1 heterocycles. The Balaban J connectivity index is 2.52. The van der Waals surface area contributed by atoms with Crippen LogP contribution in [0, 0.1) is 5.92 Å². The van der Waals surface area contributed by atoms with Crippen LogP contribution in [0.5, 0.6) is 0 Å². The topological polar surface area (TPSA) is 76.7 Å². The van der Waals surface area contributed by atoms with Crippen LogP contribution in [0.15, 0.2) is 0 Å². The first-order valence-corrected chi connectivity index (χ1v) is 6.59. The number of carbonyl (C=O) groups excluding carboxylic acids is 2.